The van der Waals surface area contributed by atoms with E-state index in [2.05, 4.69) is 11.2 Å². The van der Waals surface area contributed by atoms with Crippen molar-refractivity contribution in [2.75, 3.05) is 0 Å². The molecular weight excluding hydrogens is 262 g/mol. The van der Waals surface area contributed by atoms with Crippen LogP contribution in [0.25, 0.3) is 10.8 Å². The molecule has 0 radical (unpaired) electrons. The number of nitrogens with one attached hydrogen (secondary N) is 1. The molecular formula is C18H19NO2. The summed E-state index contributed by atoms with van der Waals surface area (Å²) in [6.45, 7) is 5.44. The molecule has 0 aliphatic carbocycles. The Morgan fingerprint density at radius 1 is 1.19 bits per heavy atom. The number of fused-ring (bicyclic) bond motifs is 1. The van der Waals surface area contributed by atoms with E-state index in [9.17, 15) is 4.79 Å². The van der Waals surface area contributed by atoms with Crippen molar-refractivity contribution in [3.05, 3.63) is 48.0 Å². The van der Waals surface area contributed by atoms with Crippen molar-refractivity contribution in [2.45, 2.75) is 32.4 Å². The van der Waals surface area contributed by atoms with Gasteiger partial charge in [-0.1, -0.05) is 48.4 Å². The molecule has 1 N–H and O–H groups in total. The second-order valence-electron chi connectivity index (χ2n) is 5.81. The Kier molecular flexibility index (Phi) is 4.18. The summed E-state index contributed by atoms with van der Waals surface area (Å²) in [7, 11) is 0. The number of amides is 1. The summed E-state index contributed by atoms with van der Waals surface area (Å²) < 4.78 is 5.26. The van der Waals surface area contributed by atoms with Crippen LogP contribution >= 0.6 is 0 Å². The smallest absolute Gasteiger partial charge is 0.408 e. The van der Waals surface area contributed by atoms with Crippen LogP contribution in [0.4, 0.5) is 4.79 Å². The molecule has 0 aliphatic heterocycles. The first-order valence-electron chi connectivity index (χ1n) is 6.84. The predicted molar refractivity (Wildman–Crippen MR) is 84.9 cm³/mol. The van der Waals surface area contributed by atoms with Crippen LogP contribution in [-0.4, -0.2) is 11.7 Å². The molecule has 1 unspecified atom stereocenters. The van der Waals surface area contributed by atoms with Gasteiger partial charge < -0.3 is 10.1 Å². The lowest BCUT2D eigenvalue weighted by Gasteiger charge is -2.22. The minimum atomic E-state index is -0.554. The van der Waals surface area contributed by atoms with E-state index >= 15 is 0 Å². The van der Waals surface area contributed by atoms with Crippen LogP contribution in [0.15, 0.2) is 42.5 Å². The highest BCUT2D eigenvalue weighted by molar-refractivity contribution is 5.87. The molecule has 0 spiro atoms. The van der Waals surface area contributed by atoms with Crippen LogP contribution in [0.3, 0.4) is 0 Å². The highest BCUT2D eigenvalue weighted by Gasteiger charge is 2.20. The van der Waals surface area contributed by atoms with Crippen LogP contribution in [-0.2, 0) is 4.74 Å². The van der Waals surface area contributed by atoms with Gasteiger partial charge in [-0.3, -0.25) is 0 Å². The van der Waals surface area contributed by atoms with E-state index in [1.165, 1.54) is 0 Å². The van der Waals surface area contributed by atoms with Crippen molar-refractivity contribution < 1.29 is 9.53 Å². The normalized spacial score (nSPS) is 12.5. The average Bonchev–Trinajstić information content (AvgIpc) is 2.42. The summed E-state index contributed by atoms with van der Waals surface area (Å²) in [6, 6.07) is 13.3. The van der Waals surface area contributed by atoms with E-state index in [1.54, 1.807) is 0 Å². The quantitative estimate of drug-likeness (QED) is 0.844. The second-order valence-corrected chi connectivity index (χ2v) is 5.81. The fourth-order valence-electron chi connectivity index (χ4n) is 2.14. The number of carbonyl (C=O) groups excluding carboxylic acids is 1. The maximum absolute atomic E-state index is 11.9. The molecule has 2 rings (SSSR count). The van der Waals surface area contributed by atoms with Crippen LogP contribution < -0.4 is 5.32 Å². The molecule has 3 heteroatoms. The standard InChI is InChI=1S/C18H19NO2/c1-5-16(19-17(20)21-18(2,3)4)15-12-8-10-13-9-6-7-11-14(13)15/h1,6-12,16H,2-4H3,(H,19,20). The topological polar surface area (TPSA) is 38.3 Å². The van der Waals surface area contributed by atoms with Crippen molar-refractivity contribution in [1.82, 2.24) is 5.32 Å². The molecule has 0 aromatic heterocycles. The largest absolute Gasteiger partial charge is 0.444 e. The Morgan fingerprint density at radius 2 is 1.86 bits per heavy atom. The van der Waals surface area contributed by atoms with Crippen LogP contribution in [0, 0.1) is 12.3 Å². The summed E-state index contributed by atoms with van der Waals surface area (Å²) in [5.41, 5.74) is 0.337. The van der Waals surface area contributed by atoms with Crippen LogP contribution in [0.1, 0.15) is 32.4 Å². The Balaban J connectivity index is 2.29. The third kappa shape index (κ3) is 3.76. The van der Waals surface area contributed by atoms with Crippen LogP contribution in [0.2, 0.25) is 0 Å². The van der Waals surface area contributed by atoms with Crippen molar-refractivity contribution in [2.24, 2.45) is 0 Å². The van der Waals surface area contributed by atoms with Gasteiger partial charge in [0.25, 0.3) is 0 Å². The zero-order chi connectivity index (χ0) is 15.5. The van der Waals surface area contributed by atoms with Gasteiger partial charge >= 0.3 is 6.09 Å². The predicted octanol–water partition coefficient (Wildman–Crippen LogP) is 4.04. The fourth-order valence-corrected chi connectivity index (χ4v) is 2.14. The molecule has 0 bridgehead atoms. The molecule has 3 nitrogen and oxygen atoms in total. The highest BCUT2D eigenvalue weighted by atomic mass is 16.6. The van der Waals surface area contributed by atoms with Gasteiger partial charge in [-0.05, 0) is 37.1 Å². The monoisotopic (exact) mass is 281 g/mol. The maximum atomic E-state index is 11.9. The summed E-state index contributed by atoms with van der Waals surface area (Å²) in [5, 5.41) is 4.85. The highest BCUT2D eigenvalue weighted by Crippen LogP contribution is 2.24. The first kappa shape index (κ1) is 14.9. The van der Waals surface area contributed by atoms with E-state index in [-0.39, 0.29) is 0 Å². The molecule has 0 heterocycles. The van der Waals surface area contributed by atoms with Gasteiger partial charge in [-0.2, -0.15) is 0 Å². The Bertz CT molecular complexity index is 687. The SMILES string of the molecule is C#CC(NC(=O)OC(C)(C)C)c1cccc2ccccc12. The molecule has 0 saturated heterocycles. The third-order valence-corrected chi connectivity index (χ3v) is 2.96. The molecule has 2 aromatic carbocycles. The number of terminal acetylenes is 1. The summed E-state index contributed by atoms with van der Waals surface area (Å²) >= 11 is 0. The second kappa shape index (κ2) is 5.88. The van der Waals surface area contributed by atoms with E-state index in [4.69, 9.17) is 11.2 Å². The number of rotatable bonds is 2. The Morgan fingerprint density at radius 3 is 2.52 bits per heavy atom. The van der Waals surface area contributed by atoms with Gasteiger partial charge in [0.05, 0.1) is 0 Å². The maximum Gasteiger partial charge on any atom is 0.408 e. The van der Waals surface area contributed by atoms with Gasteiger partial charge in [-0.15, -0.1) is 6.42 Å². The summed E-state index contributed by atoms with van der Waals surface area (Å²) in [4.78, 5) is 11.9. The Labute approximate surface area is 125 Å². The minimum absolute atomic E-state index is 0.515. The lowest BCUT2D eigenvalue weighted by atomic mass is 9.99. The Hall–Kier alpha value is -2.47. The van der Waals surface area contributed by atoms with Crippen LogP contribution in [0.5, 0.6) is 0 Å². The summed E-state index contributed by atoms with van der Waals surface area (Å²) in [5.74, 6) is 2.62. The number of ether oxygens (including phenoxy) is 1. The average molecular weight is 281 g/mol. The van der Waals surface area contributed by atoms with E-state index in [0.29, 0.717) is 0 Å². The first-order valence-corrected chi connectivity index (χ1v) is 6.84. The van der Waals surface area contributed by atoms with E-state index < -0.39 is 17.7 Å². The van der Waals surface area contributed by atoms with Gasteiger partial charge in [0.1, 0.15) is 11.6 Å². The zero-order valence-electron chi connectivity index (χ0n) is 12.5. The first-order chi connectivity index (χ1) is 9.90. The molecule has 1 amide bonds. The molecule has 2 aromatic rings. The number of hydrogen-bond donors (Lipinski definition) is 1. The molecule has 0 saturated carbocycles. The minimum Gasteiger partial charge on any atom is -0.444 e. The van der Waals surface area contributed by atoms with Crippen molar-refractivity contribution >= 4 is 16.9 Å². The van der Waals surface area contributed by atoms with E-state index in [1.807, 2.05) is 63.2 Å². The van der Waals surface area contributed by atoms with Crippen molar-refractivity contribution in [1.29, 1.82) is 0 Å². The third-order valence-electron chi connectivity index (χ3n) is 2.96. The van der Waals surface area contributed by atoms with Crippen molar-refractivity contribution in [3.8, 4) is 12.3 Å². The lowest BCUT2D eigenvalue weighted by molar-refractivity contribution is 0.0516. The van der Waals surface area contributed by atoms with Gasteiger partial charge in [0.15, 0.2) is 0 Å². The van der Waals surface area contributed by atoms with Gasteiger partial charge in [-0.25, -0.2) is 4.79 Å². The van der Waals surface area contributed by atoms with Gasteiger partial charge in [0, 0.05) is 0 Å². The number of hydrogen-bond acceptors (Lipinski definition) is 2. The fraction of sp³-hybridized carbons (Fsp3) is 0.278. The van der Waals surface area contributed by atoms with Crippen molar-refractivity contribution in [3.63, 3.8) is 0 Å². The molecule has 21 heavy (non-hydrogen) atoms. The zero-order valence-corrected chi connectivity index (χ0v) is 12.5. The summed E-state index contributed by atoms with van der Waals surface area (Å²) in [6.07, 6.45) is 5.07. The lowest BCUT2D eigenvalue weighted by Crippen LogP contribution is -2.34. The number of alkyl carbamates (subject to hydrolysis) is 1. The van der Waals surface area contributed by atoms with Gasteiger partial charge in [0.2, 0.25) is 0 Å². The number of benzene rings is 2. The molecule has 1 atom stereocenters. The molecule has 0 aliphatic rings. The molecule has 108 valence electrons. The number of carbonyl (C=O) groups is 1. The van der Waals surface area contributed by atoms with E-state index in [0.717, 1.165) is 16.3 Å². The molecule has 0 fully saturated rings.